The van der Waals surface area contributed by atoms with Crippen LogP contribution in [0.15, 0.2) is 12.1 Å². The van der Waals surface area contributed by atoms with Crippen molar-refractivity contribution in [2.24, 2.45) is 5.73 Å². The summed E-state index contributed by atoms with van der Waals surface area (Å²) in [6.45, 7) is 2.11. The van der Waals surface area contributed by atoms with E-state index in [2.05, 4.69) is 0 Å². The first-order valence-electron chi connectivity index (χ1n) is 7.68. The lowest BCUT2D eigenvalue weighted by atomic mass is 9.69. The monoisotopic (exact) mass is 295 g/mol. The van der Waals surface area contributed by atoms with Gasteiger partial charge in [-0.25, -0.2) is 4.39 Å². The van der Waals surface area contributed by atoms with Crippen LogP contribution in [0.5, 0.6) is 11.5 Å². The van der Waals surface area contributed by atoms with Gasteiger partial charge >= 0.3 is 0 Å². The van der Waals surface area contributed by atoms with Gasteiger partial charge in [0.15, 0.2) is 11.5 Å². The first kappa shape index (κ1) is 16.1. The largest absolute Gasteiger partial charge is 0.493 e. The van der Waals surface area contributed by atoms with E-state index in [9.17, 15) is 4.39 Å². The van der Waals surface area contributed by atoms with Gasteiger partial charge in [-0.15, -0.1) is 0 Å². The number of hydrogen-bond donors (Lipinski definition) is 1. The fourth-order valence-electron chi connectivity index (χ4n) is 3.43. The zero-order chi connectivity index (χ0) is 15.5. The Morgan fingerprint density at radius 3 is 2.33 bits per heavy atom. The molecule has 118 valence electrons. The molecular formula is C17H26FNO2. The number of halogens is 1. The van der Waals surface area contributed by atoms with Gasteiger partial charge in [0.05, 0.1) is 14.2 Å². The summed E-state index contributed by atoms with van der Waals surface area (Å²) in [6.07, 6.45) is 4.60. The fourth-order valence-corrected chi connectivity index (χ4v) is 3.43. The highest BCUT2D eigenvalue weighted by Crippen LogP contribution is 2.45. The van der Waals surface area contributed by atoms with Gasteiger partial charge in [-0.2, -0.15) is 0 Å². The van der Waals surface area contributed by atoms with Gasteiger partial charge < -0.3 is 15.2 Å². The van der Waals surface area contributed by atoms with Gasteiger partial charge in [-0.3, -0.25) is 0 Å². The Kier molecular flexibility index (Phi) is 5.09. The molecule has 3 nitrogen and oxygen atoms in total. The second kappa shape index (κ2) is 6.65. The minimum atomic E-state index is -1.10. The van der Waals surface area contributed by atoms with Crippen LogP contribution in [0.4, 0.5) is 4.39 Å². The normalized spacial score (nSPS) is 19.1. The van der Waals surface area contributed by atoms with Crippen molar-refractivity contribution in [1.29, 1.82) is 0 Å². The molecule has 1 unspecified atom stereocenters. The Morgan fingerprint density at radius 1 is 1.19 bits per heavy atom. The maximum Gasteiger partial charge on any atom is 0.166 e. The minimum absolute atomic E-state index is 0.0541. The van der Waals surface area contributed by atoms with E-state index in [0.717, 1.165) is 18.4 Å². The Hall–Kier alpha value is -1.29. The van der Waals surface area contributed by atoms with E-state index in [1.807, 2.05) is 12.1 Å². The highest BCUT2D eigenvalue weighted by Gasteiger charge is 2.34. The molecule has 2 N–H and O–H groups in total. The molecule has 1 aliphatic carbocycles. The Balaban J connectivity index is 2.55. The molecule has 1 aromatic rings. The minimum Gasteiger partial charge on any atom is -0.493 e. The summed E-state index contributed by atoms with van der Waals surface area (Å²) in [6, 6.07) is 3.90. The number of nitrogens with two attached hydrogens (primary N) is 1. The first-order valence-corrected chi connectivity index (χ1v) is 7.68. The van der Waals surface area contributed by atoms with Crippen LogP contribution in [0, 0.1) is 0 Å². The van der Waals surface area contributed by atoms with E-state index in [1.54, 1.807) is 14.2 Å². The van der Waals surface area contributed by atoms with Crippen molar-refractivity contribution in [3.63, 3.8) is 0 Å². The summed E-state index contributed by atoms with van der Waals surface area (Å²) >= 11 is 0. The predicted molar refractivity (Wildman–Crippen MR) is 82.9 cm³/mol. The molecule has 1 atom stereocenters. The molecule has 21 heavy (non-hydrogen) atoms. The van der Waals surface area contributed by atoms with Gasteiger partial charge in [0.1, 0.15) is 6.17 Å². The number of benzene rings is 1. The molecule has 1 fully saturated rings. The Labute approximate surface area is 126 Å². The molecule has 1 aliphatic rings. The maximum atomic E-state index is 14.0. The van der Waals surface area contributed by atoms with E-state index < -0.39 is 6.17 Å². The van der Waals surface area contributed by atoms with Gasteiger partial charge in [0, 0.05) is 17.5 Å². The average Bonchev–Trinajstić information content (AvgIpc) is 2.53. The smallest absolute Gasteiger partial charge is 0.166 e. The molecule has 0 saturated heterocycles. The molecule has 4 heteroatoms. The Bertz CT molecular complexity index is 482. The zero-order valence-electron chi connectivity index (χ0n) is 13.2. The van der Waals surface area contributed by atoms with Crippen LogP contribution in [0.1, 0.15) is 56.3 Å². The predicted octanol–water partition coefficient (Wildman–Crippen LogP) is 3.89. The van der Waals surface area contributed by atoms with Crippen LogP contribution in [0.3, 0.4) is 0 Å². The summed E-state index contributed by atoms with van der Waals surface area (Å²) in [5.74, 6) is 1.08. The number of methoxy groups -OCH3 is 2. The van der Waals surface area contributed by atoms with Crippen molar-refractivity contribution < 1.29 is 13.9 Å². The van der Waals surface area contributed by atoms with Crippen LogP contribution in [-0.2, 0) is 5.41 Å². The lowest BCUT2D eigenvalue weighted by Crippen LogP contribution is -2.37. The van der Waals surface area contributed by atoms with E-state index in [1.165, 1.54) is 26.2 Å². The van der Waals surface area contributed by atoms with Crippen LogP contribution in [0.25, 0.3) is 0 Å². The van der Waals surface area contributed by atoms with Crippen molar-refractivity contribution in [1.82, 2.24) is 0 Å². The van der Waals surface area contributed by atoms with Crippen LogP contribution < -0.4 is 15.2 Å². The lowest BCUT2D eigenvalue weighted by molar-refractivity contribution is 0.293. The van der Waals surface area contributed by atoms with E-state index in [4.69, 9.17) is 15.2 Å². The average molecular weight is 295 g/mol. The third-order valence-electron chi connectivity index (χ3n) is 4.75. The van der Waals surface area contributed by atoms with Crippen molar-refractivity contribution in [3.8, 4) is 11.5 Å². The molecule has 0 amide bonds. The van der Waals surface area contributed by atoms with Crippen molar-refractivity contribution in [2.75, 3.05) is 20.8 Å². The summed E-state index contributed by atoms with van der Waals surface area (Å²) in [4.78, 5) is 0. The first-order chi connectivity index (χ1) is 10.1. The van der Waals surface area contributed by atoms with Crippen LogP contribution in [0.2, 0.25) is 0 Å². The quantitative estimate of drug-likeness (QED) is 0.896. The molecular weight excluding hydrogens is 269 g/mol. The van der Waals surface area contributed by atoms with Gasteiger partial charge in [0.25, 0.3) is 0 Å². The zero-order valence-corrected chi connectivity index (χ0v) is 13.2. The topological polar surface area (TPSA) is 44.5 Å². The third-order valence-corrected chi connectivity index (χ3v) is 4.75. The fraction of sp³-hybridized carbons (Fsp3) is 0.647. The lowest BCUT2D eigenvalue weighted by Gasteiger charge is -2.37. The molecule has 1 aromatic carbocycles. The van der Waals surface area contributed by atoms with E-state index in [-0.39, 0.29) is 5.41 Å². The second-order valence-electron chi connectivity index (χ2n) is 5.96. The van der Waals surface area contributed by atoms with Crippen LogP contribution >= 0.6 is 0 Å². The standard InChI is InChI=1S/C17H26FNO2/c1-12(18)14-9-13(10-15(20-2)16(14)21-3)17(11-19)7-5-4-6-8-17/h9-10,12H,4-8,11,19H2,1-3H3. The molecule has 1 saturated carbocycles. The maximum absolute atomic E-state index is 14.0. The summed E-state index contributed by atoms with van der Waals surface area (Å²) < 4.78 is 24.8. The third kappa shape index (κ3) is 3.00. The SMILES string of the molecule is COc1cc(C2(CN)CCCCC2)cc(C(C)F)c1OC. The summed E-state index contributed by atoms with van der Waals surface area (Å²) in [5, 5.41) is 0. The number of rotatable bonds is 5. The summed E-state index contributed by atoms with van der Waals surface area (Å²) in [7, 11) is 3.13. The van der Waals surface area contributed by atoms with Gasteiger partial charge in [0.2, 0.25) is 0 Å². The van der Waals surface area contributed by atoms with Gasteiger partial charge in [-0.1, -0.05) is 19.3 Å². The molecule has 2 rings (SSSR count). The highest BCUT2D eigenvalue weighted by atomic mass is 19.1. The number of hydrogen-bond acceptors (Lipinski definition) is 3. The molecule has 0 aliphatic heterocycles. The second-order valence-corrected chi connectivity index (χ2v) is 5.96. The van der Waals surface area contributed by atoms with E-state index >= 15 is 0 Å². The van der Waals surface area contributed by atoms with Crippen molar-refractivity contribution in [2.45, 2.75) is 50.6 Å². The van der Waals surface area contributed by atoms with Crippen molar-refractivity contribution >= 4 is 0 Å². The molecule has 0 spiro atoms. The highest BCUT2D eigenvalue weighted by molar-refractivity contribution is 5.52. The summed E-state index contributed by atoms with van der Waals surface area (Å²) in [5.41, 5.74) is 7.67. The van der Waals surface area contributed by atoms with E-state index in [0.29, 0.717) is 23.6 Å². The van der Waals surface area contributed by atoms with Crippen LogP contribution in [-0.4, -0.2) is 20.8 Å². The number of alkyl halides is 1. The molecule has 0 radical (unpaired) electrons. The molecule has 0 aromatic heterocycles. The molecule has 0 bridgehead atoms. The molecule has 0 heterocycles. The van der Waals surface area contributed by atoms with Gasteiger partial charge in [-0.05, 0) is 37.5 Å². The van der Waals surface area contributed by atoms with Crippen molar-refractivity contribution in [3.05, 3.63) is 23.3 Å². The Morgan fingerprint density at radius 2 is 1.86 bits per heavy atom. The number of ether oxygens (including phenoxy) is 2.